The lowest BCUT2D eigenvalue weighted by Crippen LogP contribution is -2.37. The van der Waals surface area contributed by atoms with Gasteiger partial charge in [-0.2, -0.15) is 0 Å². The monoisotopic (exact) mass is 265 g/mol. The van der Waals surface area contributed by atoms with Crippen LogP contribution in [0.1, 0.15) is 32.8 Å². The Bertz CT molecular complexity index is 384. The van der Waals surface area contributed by atoms with Crippen LogP contribution in [-0.4, -0.2) is 29.4 Å². The summed E-state index contributed by atoms with van der Waals surface area (Å²) in [4.78, 5) is 11.4. The van der Waals surface area contributed by atoms with Gasteiger partial charge in [0.15, 0.2) is 0 Å². The van der Waals surface area contributed by atoms with Crippen LogP contribution in [0.2, 0.25) is 0 Å². The zero-order chi connectivity index (χ0) is 14.3. The zero-order valence-electron chi connectivity index (χ0n) is 11.8. The van der Waals surface area contributed by atoms with Gasteiger partial charge >= 0.3 is 6.09 Å². The summed E-state index contributed by atoms with van der Waals surface area (Å²) < 4.78 is 5.09. The van der Waals surface area contributed by atoms with Crippen molar-refractivity contribution in [3.8, 4) is 0 Å². The molecule has 0 radical (unpaired) electrons. The van der Waals surface area contributed by atoms with Crippen LogP contribution in [-0.2, 0) is 11.2 Å². The van der Waals surface area contributed by atoms with Crippen molar-refractivity contribution in [2.24, 2.45) is 0 Å². The highest BCUT2D eigenvalue weighted by Crippen LogP contribution is 2.07. The maximum atomic E-state index is 11.4. The van der Waals surface area contributed by atoms with Gasteiger partial charge in [0, 0.05) is 6.54 Å². The Kier molecular flexibility index (Phi) is 5.83. The molecule has 0 aliphatic carbocycles. The van der Waals surface area contributed by atoms with Crippen LogP contribution < -0.4 is 5.32 Å². The molecule has 106 valence electrons. The van der Waals surface area contributed by atoms with Crippen molar-refractivity contribution in [3.63, 3.8) is 0 Å². The van der Waals surface area contributed by atoms with E-state index in [1.807, 2.05) is 30.3 Å². The summed E-state index contributed by atoms with van der Waals surface area (Å²) in [7, 11) is 0. The van der Waals surface area contributed by atoms with Crippen molar-refractivity contribution in [2.45, 2.75) is 45.3 Å². The number of nitrogens with one attached hydrogen (secondary N) is 1. The minimum absolute atomic E-state index is 0.210. The van der Waals surface area contributed by atoms with Crippen molar-refractivity contribution >= 4 is 6.09 Å². The molecule has 1 amide bonds. The van der Waals surface area contributed by atoms with Crippen molar-refractivity contribution in [1.29, 1.82) is 0 Å². The molecule has 19 heavy (non-hydrogen) atoms. The van der Waals surface area contributed by atoms with Gasteiger partial charge in [0.25, 0.3) is 0 Å². The highest BCUT2D eigenvalue weighted by Gasteiger charge is 2.16. The number of aliphatic hydroxyl groups is 1. The first-order valence-corrected chi connectivity index (χ1v) is 6.55. The molecule has 0 heterocycles. The summed E-state index contributed by atoms with van der Waals surface area (Å²) in [6.45, 7) is 5.62. The molecule has 1 aromatic rings. The Hall–Kier alpha value is -1.55. The lowest BCUT2D eigenvalue weighted by Gasteiger charge is -2.20. The molecule has 0 aromatic heterocycles. The van der Waals surface area contributed by atoms with Crippen LogP contribution in [0.15, 0.2) is 30.3 Å². The van der Waals surface area contributed by atoms with Gasteiger partial charge in [0.2, 0.25) is 0 Å². The quantitative estimate of drug-likeness (QED) is 0.860. The summed E-state index contributed by atoms with van der Waals surface area (Å²) in [5, 5.41) is 12.4. The second kappa shape index (κ2) is 7.14. The van der Waals surface area contributed by atoms with Crippen LogP contribution in [0.3, 0.4) is 0 Å². The summed E-state index contributed by atoms with van der Waals surface area (Å²) in [5.74, 6) is 0. The molecule has 4 nitrogen and oxygen atoms in total. The Morgan fingerprint density at radius 1 is 1.32 bits per heavy atom. The lowest BCUT2D eigenvalue weighted by molar-refractivity contribution is 0.0489. The minimum atomic E-state index is -0.562. The molecule has 0 fully saturated rings. The van der Waals surface area contributed by atoms with E-state index in [-0.39, 0.29) is 6.54 Å². The molecule has 0 unspecified atom stereocenters. The smallest absolute Gasteiger partial charge is 0.407 e. The first-order chi connectivity index (χ1) is 8.87. The van der Waals surface area contributed by atoms with Gasteiger partial charge in [-0.3, -0.25) is 0 Å². The molecule has 4 heteroatoms. The van der Waals surface area contributed by atoms with E-state index in [2.05, 4.69) is 5.32 Å². The second-order valence-electron chi connectivity index (χ2n) is 5.56. The maximum Gasteiger partial charge on any atom is 0.407 e. The third-order valence-electron chi connectivity index (χ3n) is 2.49. The molecular formula is C15H23NO3. The predicted molar refractivity (Wildman–Crippen MR) is 75.0 cm³/mol. The van der Waals surface area contributed by atoms with Gasteiger partial charge in [-0.15, -0.1) is 0 Å². The maximum absolute atomic E-state index is 11.4. The standard InChI is InChI=1S/C15H23NO3/c1-15(2,3)19-14(18)16-11-13(17)10-9-12-7-5-4-6-8-12/h4-8,13,17H,9-11H2,1-3H3,(H,16,18)/t13-/m1/s1. The molecule has 1 rings (SSSR count). The second-order valence-corrected chi connectivity index (χ2v) is 5.56. The Morgan fingerprint density at radius 3 is 2.53 bits per heavy atom. The summed E-state index contributed by atoms with van der Waals surface area (Å²) in [6.07, 6.45) is 0.344. The van der Waals surface area contributed by atoms with Crippen molar-refractivity contribution < 1.29 is 14.6 Å². The number of rotatable bonds is 5. The highest BCUT2D eigenvalue weighted by molar-refractivity contribution is 5.67. The lowest BCUT2D eigenvalue weighted by atomic mass is 10.1. The van der Waals surface area contributed by atoms with E-state index in [1.165, 1.54) is 5.56 Å². The van der Waals surface area contributed by atoms with E-state index in [0.717, 1.165) is 6.42 Å². The number of amides is 1. The van der Waals surface area contributed by atoms with Gasteiger partial charge in [-0.25, -0.2) is 4.79 Å². The number of hydrogen-bond donors (Lipinski definition) is 2. The molecule has 0 saturated carbocycles. The molecule has 0 bridgehead atoms. The molecule has 1 aromatic carbocycles. The van der Waals surface area contributed by atoms with E-state index in [4.69, 9.17) is 4.74 Å². The number of carbonyl (C=O) groups is 1. The third-order valence-corrected chi connectivity index (χ3v) is 2.49. The number of benzene rings is 1. The number of carbonyl (C=O) groups excluding carboxylic acids is 1. The van der Waals surface area contributed by atoms with Crippen molar-refractivity contribution in [3.05, 3.63) is 35.9 Å². The Balaban J connectivity index is 2.21. The summed E-state index contributed by atoms with van der Waals surface area (Å²) in [5.41, 5.74) is 0.665. The third kappa shape index (κ3) is 7.47. The number of ether oxygens (including phenoxy) is 1. The van der Waals surface area contributed by atoms with Gasteiger partial charge in [-0.1, -0.05) is 30.3 Å². The topological polar surface area (TPSA) is 58.6 Å². The van der Waals surface area contributed by atoms with E-state index < -0.39 is 17.8 Å². The summed E-state index contributed by atoms with van der Waals surface area (Å²) >= 11 is 0. The van der Waals surface area contributed by atoms with E-state index >= 15 is 0 Å². The van der Waals surface area contributed by atoms with Gasteiger partial charge in [0.1, 0.15) is 5.60 Å². The van der Waals surface area contributed by atoms with Crippen LogP contribution >= 0.6 is 0 Å². The fourth-order valence-corrected chi connectivity index (χ4v) is 1.60. The Morgan fingerprint density at radius 2 is 1.95 bits per heavy atom. The van der Waals surface area contributed by atoms with Crippen LogP contribution in [0, 0.1) is 0 Å². The first-order valence-electron chi connectivity index (χ1n) is 6.55. The van der Waals surface area contributed by atoms with Gasteiger partial charge < -0.3 is 15.2 Å². The number of alkyl carbamates (subject to hydrolysis) is 1. The molecule has 0 spiro atoms. The SMILES string of the molecule is CC(C)(C)OC(=O)NC[C@H](O)CCc1ccccc1. The molecule has 0 aliphatic rings. The number of aryl methyl sites for hydroxylation is 1. The largest absolute Gasteiger partial charge is 0.444 e. The van der Waals surface area contributed by atoms with Gasteiger partial charge in [0.05, 0.1) is 6.10 Å². The van der Waals surface area contributed by atoms with E-state index in [9.17, 15) is 9.90 Å². The molecule has 2 N–H and O–H groups in total. The minimum Gasteiger partial charge on any atom is -0.444 e. The molecule has 1 atom stereocenters. The molecular weight excluding hydrogens is 242 g/mol. The average Bonchev–Trinajstić information content (AvgIpc) is 2.33. The normalized spacial score (nSPS) is 12.8. The number of hydrogen-bond acceptors (Lipinski definition) is 3. The fourth-order valence-electron chi connectivity index (χ4n) is 1.60. The van der Waals surface area contributed by atoms with Crippen LogP contribution in [0.4, 0.5) is 4.79 Å². The summed E-state index contributed by atoms with van der Waals surface area (Å²) in [6, 6.07) is 9.95. The van der Waals surface area contributed by atoms with Crippen LogP contribution in [0.5, 0.6) is 0 Å². The number of aliphatic hydroxyl groups excluding tert-OH is 1. The van der Waals surface area contributed by atoms with Crippen molar-refractivity contribution in [1.82, 2.24) is 5.32 Å². The van der Waals surface area contributed by atoms with Gasteiger partial charge in [-0.05, 0) is 39.2 Å². The highest BCUT2D eigenvalue weighted by atomic mass is 16.6. The molecule has 0 aliphatic heterocycles. The molecule has 0 saturated heterocycles. The van der Waals surface area contributed by atoms with E-state index in [0.29, 0.717) is 6.42 Å². The van der Waals surface area contributed by atoms with Crippen LogP contribution in [0.25, 0.3) is 0 Å². The van der Waals surface area contributed by atoms with E-state index in [1.54, 1.807) is 20.8 Å². The average molecular weight is 265 g/mol. The zero-order valence-corrected chi connectivity index (χ0v) is 11.8. The first kappa shape index (κ1) is 15.5. The Labute approximate surface area is 114 Å². The predicted octanol–water partition coefficient (Wildman–Crippen LogP) is 2.50. The van der Waals surface area contributed by atoms with Crippen molar-refractivity contribution in [2.75, 3.05) is 6.54 Å². The fraction of sp³-hybridized carbons (Fsp3) is 0.533.